The van der Waals surface area contributed by atoms with Crippen LogP contribution in [-0.4, -0.2) is 51.5 Å². The van der Waals surface area contributed by atoms with Crippen molar-refractivity contribution < 1.29 is 14.2 Å². The molecule has 1 aliphatic rings. The van der Waals surface area contributed by atoms with Gasteiger partial charge in [-0.1, -0.05) is 31.4 Å². The van der Waals surface area contributed by atoms with Crippen molar-refractivity contribution in [1.82, 2.24) is 4.90 Å². The molecule has 0 spiro atoms. The second-order valence-electron chi connectivity index (χ2n) is 6.79. The number of ether oxygens (including phenoxy) is 3. The number of nitrogens with zero attached hydrogens (tertiary/aromatic N) is 1. The van der Waals surface area contributed by atoms with Crippen LogP contribution in [0.25, 0.3) is 0 Å². The van der Waals surface area contributed by atoms with Crippen LogP contribution in [0.15, 0.2) is 18.2 Å². The molecule has 1 fully saturated rings. The molecule has 0 N–H and O–H groups in total. The third-order valence-electron chi connectivity index (χ3n) is 5.00. The molecule has 1 aliphatic heterocycles. The summed E-state index contributed by atoms with van der Waals surface area (Å²) in [5.41, 5.74) is 0. The molecule has 5 heteroatoms. The predicted molar refractivity (Wildman–Crippen MR) is 103 cm³/mol. The van der Waals surface area contributed by atoms with Crippen LogP contribution in [0, 0.1) is 5.92 Å². The van der Waals surface area contributed by atoms with Gasteiger partial charge in [-0.05, 0) is 50.4 Å². The van der Waals surface area contributed by atoms with Gasteiger partial charge >= 0.3 is 0 Å². The van der Waals surface area contributed by atoms with Crippen LogP contribution in [0.1, 0.15) is 39.0 Å². The molecule has 0 unspecified atom stereocenters. The van der Waals surface area contributed by atoms with Gasteiger partial charge in [0.1, 0.15) is 11.5 Å². The van der Waals surface area contributed by atoms with Crippen LogP contribution in [0.2, 0.25) is 5.02 Å². The Morgan fingerprint density at radius 2 is 1.96 bits per heavy atom. The lowest BCUT2D eigenvalue weighted by molar-refractivity contribution is -0.0180. The van der Waals surface area contributed by atoms with E-state index in [9.17, 15) is 0 Å². The first-order valence-corrected chi connectivity index (χ1v) is 9.76. The number of hydrogen-bond acceptors (Lipinski definition) is 4. The Morgan fingerprint density at radius 1 is 1.16 bits per heavy atom. The fourth-order valence-corrected chi connectivity index (χ4v) is 3.70. The van der Waals surface area contributed by atoms with E-state index in [1.807, 2.05) is 19.2 Å². The summed E-state index contributed by atoms with van der Waals surface area (Å²) in [5.74, 6) is 2.03. The standard InChI is InChI=1S/C20H32ClNO3/c1-4-5-6-9-22-10-7-16(20(15-22)24-3)8-11-25-19-13-17(21)12-18(14-19)23-2/h12-14,16,20H,4-11,15H2,1-3H3/t16-,20-/m0/s1. The highest BCUT2D eigenvalue weighted by atomic mass is 35.5. The van der Waals surface area contributed by atoms with Crippen molar-refractivity contribution in [3.63, 3.8) is 0 Å². The van der Waals surface area contributed by atoms with Gasteiger partial charge in [0.2, 0.25) is 0 Å². The van der Waals surface area contributed by atoms with Gasteiger partial charge in [0.15, 0.2) is 0 Å². The maximum absolute atomic E-state index is 6.08. The van der Waals surface area contributed by atoms with Crippen molar-refractivity contribution in [2.75, 3.05) is 40.5 Å². The van der Waals surface area contributed by atoms with Gasteiger partial charge in [-0.3, -0.25) is 0 Å². The average molecular weight is 370 g/mol. The molecule has 1 aromatic rings. The molecule has 1 heterocycles. The number of likely N-dealkylation sites (tertiary alicyclic amines) is 1. The molecule has 1 aromatic carbocycles. The Balaban J connectivity index is 1.77. The van der Waals surface area contributed by atoms with E-state index in [2.05, 4.69) is 11.8 Å². The minimum atomic E-state index is 0.299. The van der Waals surface area contributed by atoms with Crippen LogP contribution in [0.4, 0.5) is 0 Å². The summed E-state index contributed by atoms with van der Waals surface area (Å²) in [4.78, 5) is 2.54. The zero-order chi connectivity index (χ0) is 18.1. The molecule has 0 radical (unpaired) electrons. The van der Waals surface area contributed by atoms with E-state index in [0.29, 0.717) is 23.7 Å². The summed E-state index contributed by atoms with van der Waals surface area (Å²) >= 11 is 6.08. The minimum Gasteiger partial charge on any atom is -0.497 e. The zero-order valence-electron chi connectivity index (χ0n) is 15.8. The lowest BCUT2D eigenvalue weighted by atomic mass is 9.91. The molecular weight excluding hydrogens is 338 g/mol. The number of methoxy groups -OCH3 is 2. The van der Waals surface area contributed by atoms with E-state index in [0.717, 1.165) is 24.5 Å². The van der Waals surface area contributed by atoms with E-state index >= 15 is 0 Å². The van der Waals surface area contributed by atoms with E-state index in [1.165, 1.54) is 38.8 Å². The van der Waals surface area contributed by atoms with Gasteiger partial charge in [-0.2, -0.15) is 0 Å². The Labute approximate surface area is 157 Å². The second-order valence-corrected chi connectivity index (χ2v) is 7.23. The number of benzene rings is 1. The fourth-order valence-electron chi connectivity index (χ4n) is 3.48. The van der Waals surface area contributed by atoms with E-state index in [4.69, 9.17) is 25.8 Å². The maximum atomic E-state index is 6.08. The molecule has 0 bridgehead atoms. The number of hydrogen-bond donors (Lipinski definition) is 0. The predicted octanol–water partition coefficient (Wildman–Crippen LogP) is 4.64. The normalized spacial score (nSPS) is 21.3. The van der Waals surface area contributed by atoms with Crippen LogP contribution in [0.3, 0.4) is 0 Å². The largest absolute Gasteiger partial charge is 0.497 e. The van der Waals surface area contributed by atoms with Crippen molar-refractivity contribution in [3.05, 3.63) is 23.2 Å². The number of unbranched alkanes of at least 4 members (excludes halogenated alkanes) is 2. The highest BCUT2D eigenvalue weighted by Crippen LogP contribution is 2.27. The quantitative estimate of drug-likeness (QED) is 0.562. The molecule has 142 valence electrons. The summed E-state index contributed by atoms with van der Waals surface area (Å²) in [7, 11) is 3.46. The van der Waals surface area contributed by atoms with Crippen molar-refractivity contribution in [2.24, 2.45) is 5.92 Å². The van der Waals surface area contributed by atoms with Crippen LogP contribution in [-0.2, 0) is 4.74 Å². The van der Waals surface area contributed by atoms with E-state index < -0.39 is 0 Å². The lowest BCUT2D eigenvalue weighted by Crippen LogP contribution is -2.45. The number of halogens is 1. The monoisotopic (exact) mass is 369 g/mol. The topological polar surface area (TPSA) is 30.9 Å². The zero-order valence-corrected chi connectivity index (χ0v) is 16.6. The van der Waals surface area contributed by atoms with Crippen molar-refractivity contribution >= 4 is 11.6 Å². The molecule has 2 atom stereocenters. The van der Waals surface area contributed by atoms with Crippen LogP contribution >= 0.6 is 11.6 Å². The highest BCUT2D eigenvalue weighted by molar-refractivity contribution is 6.30. The van der Waals surface area contributed by atoms with Gasteiger partial charge in [-0.15, -0.1) is 0 Å². The van der Waals surface area contributed by atoms with Crippen LogP contribution < -0.4 is 9.47 Å². The fraction of sp³-hybridized carbons (Fsp3) is 0.700. The number of piperidine rings is 1. The lowest BCUT2D eigenvalue weighted by Gasteiger charge is -2.37. The first-order chi connectivity index (χ1) is 12.2. The summed E-state index contributed by atoms with van der Waals surface area (Å²) < 4.78 is 16.9. The van der Waals surface area contributed by atoms with Crippen molar-refractivity contribution in [1.29, 1.82) is 0 Å². The van der Waals surface area contributed by atoms with Gasteiger partial charge in [0, 0.05) is 24.7 Å². The molecule has 2 rings (SSSR count). The smallest absolute Gasteiger partial charge is 0.124 e. The highest BCUT2D eigenvalue weighted by Gasteiger charge is 2.28. The molecular formula is C20H32ClNO3. The second kappa shape index (κ2) is 10.9. The molecule has 0 aliphatic carbocycles. The third-order valence-corrected chi connectivity index (χ3v) is 5.22. The van der Waals surface area contributed by atoms with Gasteiger partial charge < -0.3 is 19.1 Å². The van der Waals surface area contributed by atoms with E-state index in [1.54, 1.807) is 13.2 Å². The van der Waals surface area contributed by atoms with Crippen molar-refractivity contribution in [3.8, 4) is 11.5 Å². The molecule has 1 saturated heterocycles. The summed E-state index contributed by atoms with van der Waals surface area (Å²) in [6.07, 6.45) is 6.35. The molecule has 0 saturated carbocycles. The molecule has 25 heavy (non-hydrogen) atoms. The SMILES string of the molecule is CCCCCN1CC[C@@H](CCOc2cc(Cl)cc(OC)c2)[C@@H](OC)C1. The molecule has 0 aromatic heterocycles. The van der Waals surface area contributed by atoms with E-state index in [-0.39, 0.29) is 0 Å². The average Bonchev–Trinajstić information content (AvgIpc) is 2.62. The van der Waals surface area contributed by atoms with Gasteiger partial charge in [-0.25, -0.2) is 0 Å². The Hall–Kier alpha value is -0.970. The van der Waals surface area contributed by atoms with Gasteiger partial charge in [0.05, 0.1) is 19.8 Å². The van der Waals surface area contributed by atoms with Gasteiger partial charge in [0.25, 0.3) is 0 Å². The summed E-state index contributed by atoms with van der Waals surface area (Å²) in [5, 5.41) is 0.629. The summed E-state index contributed by atoms with van der Waals surface area (Å²) in [6, 6.07) is 5.48. The Bertz CT molecular complexity index is 512. The first kappa shape index (κ1) is 20.3. The van der Waals surface area contributed by atoms with Crippen molar-refractivity contribution in [2.45, 2.75) is 45.1 Å². The molecule has 0 amide bonds. The summed E-state index contributed by atoms with van der Waals surface area (Å²) in [6.45, 7) is 6.32. The number of rotatable bonds is 10. The first-order valence-electron chi connectivity index (χ1n) is 9.38. The van der Waals surface area contributed by atoms with Crippen LogP contribution in [0.5, 0.6) is 11.5 Å². The Kier molecular flexibility index (Phi) is 8.87. The minimum absolute atomic E-state index is 0.299. The maximum Gasteiger partial charge on any atom is 0.124 e. The Morgan fingerprint density at radius 3 is 2.68 bits per heavy atom. The molecule has 4 nitrogen and oxygen atoms in total. The third kappa shape index (κ3) is 6.69.